The summed E-state index contributed by atoms with van der Waals surface area (Å²) in [6.07, 6.45) is 6.78. The van der Waals surface area contributed by atoms with Gasteiger partial charge in [-0.2, -0.15) is 0 Å². The Morgan fingerprint density at radius 1 is 1.00 bits per heavy atom. The highest BCUT2D eigenvalue weighted by Gasteiger charge is 2.35. The van der Waals surface area contributed by atoms with Gasteiger partial charge in [0.2, 0.25) is 5.91 Å². The van der Waals surface area contributed by atoms with Crippen molar-refractivity contribution in [1.29, 1.82) is 0 Å². The number of amides is 2. The SMILES string of the molecule is COc1ccc([C@H](C(=O)NC2CCCCC2)N(C(=O)c2ccco2)c2ccc(C)cc2)cc1. The number of hydrogen-bond donors (Lipinski definition) is 1. The zero-order valence-corrected chi connectivity index (χ0v) is 19.1. The van der Waals surface area contributed by atoms with Gasteiger partial charge in [-0.05, 0) is 61.7 Å². The maximum Gasteiger partial charge on any atom is 0.294 e. The maximum atomic E-state index is 13.8. The molecule has 1 aromatic heterocycles. The Morgan fingerprint density at radius 3 is 2.30 bits per heavy atom. The van der Waals surface area contributed by atoms with E-state index in [0.717, 1.165) is 31.2 Å². The van der Waals surface area contributed by atoms with Gasteiger partial charge < -0.3 is 14.5 Å². The van der Waals surface area contributed by atoms with E-state index in [-0.39, 0.29) is 23.6 Å². The predicted molar refractivity (Wildman–Crippen MR) is 127 cm³/mol. The Bertz CT molecular complexity index is 1050. The third kappa shape index (κ3) is 5.28. The van der Waals surface area contributed by atoms with Crippen LogP contribution in [0.2, 0.25) is 0 Å². The van der Waals surface area contributed by atoms with Crippen molar-refractivity contribution < 1.29 is 18.7 Å². The van der Waals surface area contributed by atoms with Gasteiger partial charge in [0.25, 0.3) is 5.91 Å². The van der Waals surface area contributed by atoms with Crippen molar-refractivity contribution in [3.63, 3.8) is 0 Å². The Hall–Kier alpha value is -3.54. The van der Waals surface area contributed by atoms with Gasteiger partial charge in [-0.15, -0.1) is 0 Å². The van der Waals surface area contributed by atoms with Gasteiger partial charge in [-0.1, -0.05) is 49.1 Å². The second-order valence-electron chi connectivity index (χ2n) is 8.51. The summed E-state index contributed by atoms with van der Waals surface area (Å²) in [4.78, 5) is 28.9. The number of methoxy groups -OCH3 is 1. The molecule has 1 fully saturated rings. The Labute approximate surface area is 194 Å². The fraction of sp³-hybridized carbons (Fsp3) is 0.333. The lowest BCUT2D eigenvalue weighted by atomic mass is 9.94. The minimum atomic E-state index is -0.863. The van der Waals surface area contributed by atoms with E-state index in [4.69, 9.17) is 9.15 Å². The summed E-state index contributed by atoms with van der Waals surface area (Å²) in [5, 5.41) is 3.21. The molecule has 2 aromatic carbocycles. The first-order chi connectivity index (χ1) is 16.1. The van der Waals surface area contributed by atoms with Crippen molar-refractivity contribution in [1.82, 2.24) is 5.32 Å². The minimum Gasteiger partial charge on any atom is -0.497 e. The lowest BCUT2D eigenvalue weighted by molar-refractivity contribution is -0.123. The molecule has 33 heavy (non-hydrogen) atoms. The molecule has 0 unspecified atom stereocenters. The minimum absolute atomic E-state index is 0.116. The number of nitrogens with zero attached hydrogens (tertiary/aromatic N) is 1. The monoisotopic (exact) mass is 446 g/mol. The molecule has 1 aliphatic carbocycles. The number of rotatable bonds is 7. The van der Waals surface area contributed by atoms with Crippen LogP contribution in [0.3, 0.4) is 0 Å². The lowest BCUT2D eigenvalue weighted by Gasteiger charge is -2.33. The highest BCUT2D eigenvalue weighted by molar-refractivity contribution is 6.08. The van der Waals surface area contributed by atoms with Crippen molar-refractivity contribution in [3.05, 3.63) is 83.8 Å². The summed E-state index contributed by atoms with van der Waals surface area (Å²) in [6.45, 7) is 1.99. The molecule has 172 valence electrons. The summed E-state index contributed by atoms with van der Waals surface area (Å²) < 4.78 is 10.7. The molecule has 0 radical (unpaired) electrons. The second kappa shape index (κ2) is 10.4. The highest BCUT2D eigenvalue weighted by Crippen LogP contribution is 2.32. The predicted octanol–water partition coefficient (Wildman–Crippen LogP) is 5.43. The first-order valence-electron chi connectivity index (χ1n) is 11.4. The topological polar surface area (TPSA) is 71.8 Å². The van der Waals surface area contributed by atoms with E-state index >= 15 is 0 Å². The van der Waals surface area contributed by atoms with E-state index in [1.54, 1.807) is 31.4 Å². The number of hydrogen-bond acceptors (Lipinski definition) is 4. The Kier molecular flexibility index (Phi) is 7.13. The summed E-state index contributed by atoms with van der Waals surface area (Å²) in [5.74, 6) is 0.292. The maximum absolute atomic E-state index is 13.8. The molecular weight excluding hydrogens is 416 g/mol. The highest BCUT2D eigenvalue weighted by atomic mass is 16.5. The van der Waals surface area contributed by atoms with Crippen LogP contribution in [-0.2, 0) is 4.79 Å². The summed E-state index contributed by atoms with van der Waals surface area (Å²) in [5.41, 5.74) is 2.39. The van der Waals surface area contributed by atoms with Crippen LogP contribution in [-0.4, -0.2) is 25.0 Å². The van der Waals surface area contributed by atoms with Gasteiger partial charge in [0, 0.05) is 11.7 Å². The summed E-state index contributed by atoms with van der Waals surface area (Å²) in [7, 11) is 1.60. The van der Waals surface area contributed by atoms with Crippen LogP contribution in [0.25, 0.3) is 0 Å². The summed E-state index contributed by atoms with van der Waals surface area (Å²) >= 11 is 0. The first-order valence-corrected chi connectivity index (χ1v) is 11.4. The van der Waals surface area contributed by atoms with Gasteiger partial charge >= 0.3 is 0 Å². The molecule has 1 aliphatic rings. The number of benzene rings is 2. The first kappa shape index (κ1) is 22.6. The van der Waals surface area contributed by atoms with Crippen molar-refractivity contribution in [2.75, 3.05) is 12.0 Å². The van der Waals surface area contributed by atoms with Crippen LogP contribution < -0.4 is 15.0 Å². The Morgan fingerprint density at radius 2 is 1.70 bits per heavy atom. The molecule has 1 heterocycles. The zero-order chi connectivity index (χ0) is 23.2. The van der Waals surface area contributed by atoms with Crippen LogP contribution in [0.5, 0.6) is 5.75 Å². The smallest absolute Gasteiger partial charge is 0.294 e. The van der Waals surface area contributed by atoms with Gasteiger partial charge in [0.05, 0.1) is 13.4 Å². The molecule has 6 nitrogen and oxygen atoms in total. The third-order valence-electron chi connectivity index (χ3n) is 6.15. The number of ether oxygens (including phenoxy) is 1. The van der Waals surface area contributed by atoms with Gasteiger partial charge in [-0.25, -0.2) is 0 Å². The average molecular weight is 447 g/mol. The quantitative estimate of drug-likeness (QED) is 0.525. The lowest BCUT2D eigenvalue weighted by Crippen LogP contribution is -2.47. The molecule has 0 bridgehead atoms. The second-order valence-corrected chi connectivity index (χ2v) is 8.51. The molecular formula is C27H30N2O4. The number of nitrogens with one attached hydrogen (secondary N) is 1. The van der Waals surface area contributed by atoms with Crippen molar-refractivity contribution in [3.8, 4) is 5.75 Å². The molecule has 1 atom stereocenters. The fourth-order valence-corrected chi connectivity index (χ4v) is 4.34. The summed E-state index contributed by atoms with van der Waals surface area (Å²) in [6, 6.07) is 17.4. The zero-order valence-electron chi connectivity index (χ0n) is 19.1. The van der Waals surface area contributed by atoms with Crippen molar-refractivity contribution in [2.24, 2.45) is 0 Å². The molecule has 6 heteroatoms. The van der Waals surface area contributed by atoms with Gasteiger partial charge in [0.15, 0.2) is 5.76 Å². The van der Waals surface area contributed by atoms with Crippen LogP contribution >= 0.6 is 0 Å². The third-order valence-corrected chi connectivity index (χ3v) is 6.15. The van der Waals surface area contributed by atoms with E-state index < -0.39 is 6.04 Å². The van der Waals surface area contributed by atoms with E-state index in [2.05, 4.69) is 5.32 Å². The molecule has 0 saturated heterocycles. The molecule has 4 rings (SSSR count). The Balaban J connectivity index is 1.77. The number of aryl methyl sites for hydroxylation is 1. The molecule has 0 spiro atoms. The number of anilines is 1. The van der Waals surface area contributed by atoms with Crippen molar-refractivity contribution >= 4 is 17.5 Å². The van der Waals surface area contributed by atoms with E-state index in [1.165, 1.54) is 17.6 Å². The van der Waals surface area contributed by atoms with Gasteiger partial charge in [0.1, 0.15) is 11.8 Å². The molecule has 3 aromatic rings. The van der Waals surface area contributed by atoms with Crippen molar-refractivity contribution in [2.45, 2.75) is 51.1 Å². The van der Waals surface area contributed by atoms with E-state index in [0.29, 0.717) is 17.0 Å². The molecule has 0 aliphatic heterocycles. The van der Waals surface area contributed by atoms with E-state index in [9.17, 15) is 9.59 Å². The largest absolute Gasteiger partial charge is 0.497 e. The van der Waals surface area contributed by atoms with Crippen LogP contribution in [0, 0.1) is 6.92 Å². The fourth-order valence-electron chi connectivity index (χ4n) is 4.34. The number of carbonyl (C=O) groups is 2. The molecule has 1 N–H and O–H groups in total. The van der Waals surface area contributed by atoms with Crippen LogP contribution in [0.15, 0.2) is 71.3 Å². The average Bonchev–Trinajstić information content (AvgIpc) is 3.39. The van der Waals surface area contributed by atoms with E-state index in [1.807, 2.05) is 43.3 Å². The number of furan rings is 1. The number of carbonyl (C=O) groups excluding carboxylic acids is 2. The van der Waals surface area contributed by atoms with Crippen LogP contribution in [0.4, 0.5) is 5.69 Å². The normalized spacial score (nSPS) is 15.0. The standard InChI is InChI=1S/C27H30N2O4/c1-19-10-14-22(15-11-19)29(27(31)24-9-6-18-33-24)25(20-12-16-23(32-2)17-13-20)26(30)28-21-7-4-3-5-8-21/h6,9-18,21,25H,3-5,7-8H2,1-2H3,(H,28,30)/t25-/m1/s1. The molecule has 1 saturated carbocycles. The van der Waals surface area contributed by atoms with Crippen LogP contribution in [0.1, 0.15) is 59.8 Å². The molecule has 2 amide bonds. The van der Waals surface area contributed by atoms with Gasteiger partial charge in [-0.3, -0.25) is 14.5 Å².